The molecule has 6 heteroatoms. The molecule has 1 atom stereocenters. The molecule has 0 saturated carbocycles. The first kappa shape index (κ1) is 16.3. The molecule has 1 unspecified atom stereocenters. The molecule has 0 bridgehead atoms. The van der Waals surface area contributed by atoms with Crippen molar-refractivity contribution in [3.05, 3.63) is 47.5 Å². The van der Waals surface area contributed by atoms with Crippen molar-refractivity contribution in [1.29, 1.82) is 0 Å². The number of hydrogen-bond acceptors (Lipinski definition) is 4. The van der Waals surface area contributed by atoms with E-state index in [4.69, 9.17) is 14.8 Å². The van der Waals surface area contributed by atoms with Crippen molar-refractivity contribution < 1.29 is 9.53 Å². The second kappa shape index (κ2) is 7.35. The van der Waals surface area contributed by atoms with Gasteiger partial charge in [-0.2, -0.15) is 5.10 Å². The minimum atomic E-state index is -0.00985. The number of ether oxygens (including phenoxy) is 1. The minimum Gasteiger partial charge on any atom is -0.381 e. The van der Waals surface area contributed by atoms with E-state index in [9.17, 15) is 4.79 Å². The number of carbonyl (C=O) groups excluding carboxylic acids is 1. The molecule has 1 aromatic carbocycles. The number of rotatable bonds is 5. The molecule has 0 aliphatic carbocycles. The second-order valence-electron chi connectivity index (χ2n) is 6.83. The zero-order chi connectivity index (χ0) is 17.1. The molecule has 25 heavy (non-hydrogen) atoms. The molecule has 2 aliphatic rings. The van der Waals surface area contributed by atoms with E-state index in [0.717, 1.165) is 57.1 Å². The normalized spacial score (nSPS) is 21.4. The smallest absolute Gasteiger partial charge is 0.220 e. The van der Waals surface area contributed by atoms with E-state index in [1.54, 1.807) is 0 Å². The Labute approximate surface area is 147 Å². The molecular formula is C19H24N4O2. The van der Waals surface area contributed by atoms with E-state index in [0.29, 0.717) is 12.3 Å². The Balaban J connectivity index is 1.56. The van der Waals surface area contributed by atoms with Crippen LogP contribution in [-0.2, 0) is 22.5 Å². The zero-order valence-corrected chi connectivity index (χ0v) is 14.4. The van der Waals surface area contributed by atoms with Crippen molar-refractivity contribution in [3.8, 4) is 0 Å². The molecule has 3 heterocycles. The molecule has 0 radical (unpaired) electrons. The lowest BCUT2D eigenvalue weighted by atomic mass is 10.00. The van der Waals surface area contributed by atoms with Crippen LogP contribution in [0.25, 0.3) is 0 Å². The van der Waals surface area contributed by atoms with Gasteiger partial charge in [-0.3, -0.25) is 4.79 Å². The summed E-state index contributed by atoms with van der Waals surface area (Å²) in [6.07, 6.45) is 4.22. The van der Waals surface area contributed by atoms with Gasteiger partial charge >= 0.3 is 0 Å². The van der Waals surface area contributed by atoms with Crippen LogP contribution in [0, 0.1) is 0 Å². The lowest BCUT2D eigenvalue weighted by molar-refractivity contribution is -0.119. The van der Waals surface area contributed by atoms with Crippen molar-refractivity contribution in [2.75, 3.05) is 13.2 Å². The van der Waals surface area contributed by atoms with Gasteiger partial charge in [-0.15, -0.1) is 0 Å². The van der Waals surface area contributed by atoms with Gasteiger partial charge in [-0.05, 0) is 31.2 Å². The number of nitrogens with one attached hydrogen (secondary N) is 1. The number of nitrogens with zero attached hydrogens (tertiary/aromatic N) is 3. The van der Waals surface area contributed by atoms with E-state index in [2.05, 4.69) is 29.6 Å². The van der Waals surface area contributed by atoms with Gasteiger partial charge in [0.1, 0.15) is 5.82 Å². The van der Waals surface area contributed by atoms with Crippen LogP contribution in [0.15, 0.2) is 30.3 Å². The van der Waals surface area contributed by atoms with Crippen molar-refractivity contribution in [2.45, 2.75) is 50.6 Å². The third kappa shape index (κ3) is 3.74. The average Bonchev–Trinajstić information content (AvgIpc) is 3.28. The molecule has 1 aromatic heterocycles. The van der Waals surface area contributed by atoms with Gasteiger partial charge in [0.05, 0.1) is 6.04 Å². The third-order valence-electron chi connectivity index (χ3n) is 5.07. The van der Waals surface area contributed by atoms with Crippen LogP contribution in [0.3, 0.4) is 0 Å². The topological polar surface area (TPSA) is 69.0 Å². The summed E-state index contributed by atoms with van der Waals surface area (Å²) in [6, 6.07) is 10.4. The largest absolute Gasteiger partial charge is 0.381 e. The molecule has 2 fully saturated rings. The lowest BCUT2D eigenvalue weighted by Gasteiger charge is -2.18. The number of aromatic nitrogens is 3. The summed E-state index contributed by atoms with van der Waals surface area (Å²) in [4.78, 5) is 16.5. The summed E-state index contributed by atoms with van der Waals surface area (Å²) < 4.78 is 7.47. The first-order valence-corrected chi connectivity index (χ1v) is 9.15. The summed E-state index contributed by atoms with van der Waals surface area (Å²) in [7, 11) is 0. The second-order valence-corrected chi connectivity index (χ2v) is 6.83. The summed E-state index contributed by atoms with van der Waals surface area (Å²) in [5, 5.41) is 7.86. The maximum atomic E-state index is 11.6. The first-order chi connectivity index (χ1) is 12.3. The molecule has 4 rings (SSSR count). The van der Waals surface area contributed by atoms with Crippen LogP contribution >= 0.6 is 0 Å². The van der Waals surface area contributed by atoms with Gasteiger partial charge < -0.3 is 10.1 Å². The van der Waals surface area contributed by atoms with Gasteiger partial charge in [-0.25, -0.2) is 9.67 Å². The van der Waals surface area contributed by atoms with Crippen LogP contribution in [-0.4, -0.2) is 33.9 Å². The Morgan fingerprint density at radius 1 is 1.16 bits per heavy atom. The number of amides is 1. The summed E-state index contributed by atoms with van der Waals surface area (Å²) >= 11 is 0. The van der Waals surface area contributed by atoms with Crippen LogP contribution in [0.4, 0.5) is 0 Å². The number of carbonyl (C=O) groups is 1. The van der Waals surface area contributed by atoms with Crippen LogP contribution in [0.2, 0.25) is 0 Å². The summed E-state index contributed by atoms with van der Waals surface area (Å²) in [6.45, 7) is 2.33. The van der Waals surface area contributed by atoms with E-state index in [1.165, 1.54) is 5.56 Å². The van der Waals surface area contributed by atoms with E-state index in [1.807, 2.05) is 10.7 Å². The standard InChI is InChI=1S/C19H24N4O2/c24-17-7-6-16(20-17)19-21-18(15-9-12-25-13-10-15)22-23(19)11-8-14-4-2-1-3-5-14/h1-5,15-16H,6-13H2,(H,20,24). The van der Waals surface area contributed by atoms with Gasteiger partial charge in [0.15, 0.2) is 5.82 Å². The summed E-state index contributed by atoms with van der Waals surface area (Å²) in [5.41, 5.74) is 1.28. The Morgan fingerprint density at radius 3 is 2.68 bits per heavy atom. The van der Waals surface area contributed by atoms with E-state index >= 15 is 0 Å². The highest BCUT2D eigenvalue weighted by Gasteiger charge is 2.29. The highest BCUT2D eigenvalue weighted by atomic mass is 16.5. The van der Waals surface area contributed by atoms with Gasteiger partial charge in [0.25, 0.3) is 0 Å². The lowest BCUT2D eigenvalue weighted by Crippen LogP contribution is -2.22. The number of hydrogen-bond donors (Lipinski definition) is 1. The van der Waals surface area contributed by atoms with Crippen LogP contribution in [0.1, 0.15) is 54.9 Å². The highest BCUT2D eigenvalue weighted by molar-refractivity contribution is 5.78. The Kier molecular flexibility index (Phi) is 4.78. The van der Waals surface area contributed by atoms with E-state index < -0.39 is 0 Å². The fourth-order valence-corrected chi connectivity index (χ4v) is 3.61. The maximum Gasteiger partial charge on any atom is 0.220 e. The quantitative estimate of drug-likeness (QED) is 0.907. The third-order valence-corrected chi connectivity index (χ3v) is 5.07. The summed E-state index contributed by atoms with van der Waals surface area (Å²) in [5.74, 6) is 2.29. The van der Waals surface area contributed by atoms with E-state index in [-0.39, 0.29) is 11.9 Å². The monoisotopic (exact) mass is 340 g/mol. The Hall–Kier alpha value is -2.21. The molecule has 6 nitrogen and oxygen atoms in total. The van der Waals surface area contributed by atoms with Crippen molar-refractivity contribution in [3.63, 3.8) is 0 Å². The fourth-order valence-electron chi connectivity index (χ4n) is 3.61. The van der Waals surface area contributed by atoms with Gasteiger partial charge in [0, 0.05) is 32.1 Å². The van der Waals surface area contributed by atoms with Crippen molar-refractivity contribution in [2.24, 2.45) is 0 Å². The van der Waals surface area contributed by atoms with Gasteiger partial charge in [-0.1, -0.05) is 30.3 Å². The zero-order valence-electron chi connectivity index (χ0n) is 14.4. The minimum absolute atomic E-state index is 0.00985. The molecule has 1 amide bonds. The Bertz CT molecular complexity index is 722. The van der Waals surface area contributed by atoms with Gasteiger partial charge in [0.2, 0.25) is 5.91 Å². The molecule has 2 aromatic rings. The molecule has 0 spiro atoms. The van der Waals surface area contributed by atoms with Crippen LogP contribution in [0.5, 0.6) is 0 Å². The number of aryl methyl sites for hydroxylation is 2. The molecule has 2 aliphatic heterocycles. The fraction of sp³-hybridized carbons (Fsp3) is 0.526. The molecule has 2 saturated heterocycles. The molecule has 132 valence electrons. The predicted molar refractivity (Wildman–Crippen MR) is 93.1 cm³/mol. The first-order valence-electron chi connectivity index (χ1n) is 9.15. The maximum absolute atomic E-state index is 11.6. The highest BCUT2D eigenvalue weighted by Crippen LogP contribution is 2.28. The average molecular weight is 340 g/mol. The SMILES string of the molecule is O=C1CCC(c2nc(C3CCOCC3)nn2CCc2ccccc2)N1. The van der Waals surface area contributed by atoms with Crippen molar-refractivity contribution in [1.82, 2.24) is 20.1 Å². The molecular weight excluding hydrogens is 316 g/mol. The predicted octanol–water partition coefficient (Wildman–Crippen LogP) is 2.37. The number of benzene rings is 1. The molecule has 1 N–H and O–H groups in total. The van der Waals surface area contributed by atoms with Crippen molar-refractivity contribution >= 4 is 5.91 Å². The Morgan fingerprint density at radius 2 is 1.96 bits per heavy atom. The van der Waals surface area contributed by atoms with Crippen LogP contribution < -0.4 is 5.32 Å².